The molecule has 0 saturated heterocycles. The number of hydrogen-bond donors (Lipinski definition) is 0. The Kier molecular flexibility index (Phi) is 8.71. The molecule has 0 amide bonds. The molecule has 12 rings (SSSR count). The van der Waals surface area contributed by atoms with Gasteiger partial charge in [-0.15, -0.1) is 0 Å². The Labute approximate surface area is 372 Å². The first-order valence-electron chi connectivity index (χ1n) is 23.2. The molecular formula is C62H53N. The predicted molar refractivity (Wildman–Crippen MR) is 268 cm³/mol. The molecule has 0 spiro atoms. The van der Waals surface area contributed by atoms with Gasteiger partial charge in [0.05, 0.1) is 5.69 Å². The van der Waals surface area contributed by atoms with Crippen LogP contribution in [0.4, 0.5) is 17.1 Å². The molecule has 0 radical (unpaired) electrons. The maximum atomic E-state index is 2.53. The Morgan fingerprint density at radius 1 is 0.413 bits per heavy atom. The second-order valence-corrected chi connectivity index (χ2v) is 19.5. The molecule has 0 bridgehead atoms. The summed E-state index contributed by atoms with van der Waals surface area (Å²) in [6.45, 7) is 9.63. The molecule has 3 aliphatic rings. The normalized spacial score (nSPS) is 15.8. The molecule has 306 valence electrons. The summed E-state index contributed by atoms with van der Waals surface area (Å²) in [7, 11) is 0. The van der Waals surface area contributed by atoms with Crippen molar-refractivity contribution in [2.24, 2.45) is 0 Å². The van der Waals surface area contributed by atoms with Gasteiger partial charge in [0, 0.05) is 27.8 Å². The number of anilines is 3. The van der Waals surface area contributed by atoms with Crippen LogP contribution in [-0.2, 0) is 10.8 Å². The lowest BCUT2D eigenvalue weighted by atomic mass is 9.74. The third-order valence-corrected chi connectivity index (χ3v) is 15.2. The molecule has 9 aromatic carbocycles. The van der Waals surface area contributed by atoms with Gasteiger partial charge in [0.2, 0.25) is 0 Å². The van der Waals surface area contributed by atoms with Crippen LogP contribution < -0.4 is 4.90 Å². The van der Waals surface area contributed by atoms with E-state index in [0.29, 0.717) is 5.92 Å². The van der Waals surface area contributed by atoms with E-state index in [9.17, 15) is 0 Å². The summed E-state index contributed by atoms with van der Waals surface area (Å²) >= 11 is 0. The van der Waals surface area contributed by atoms with Crippen molar-refractivity contribution in [3.63, 3.8) is 0 Å². The van der Waals surface area contributed by atoms with Crippen LogP contribution in [0.2, 0.25) is 0 Å². The van der Waals surface area contributed by atoms with Gasteiger partial charge < -0.3 is 4.90 Å². The molecule has 1 saturated carbocycles. The largest absolute Gasteiger partial charge is 0.310 e. The summed E-state index contributed by atoms with van der Waals surface area (Å²) in [6.07, 6.45) is 6.64. The number of fused-ring (bicyclic) bond motifs is 8. The number of hydrogen-bond acceptors (Lipinski definition) is 1. The van der Waals surface area contributed by atoms with Crippen LogP contribution in [0.15, 0.2) is 182 Å². The molecule has 0 heterocycles. The molecule has 1 nitrogen and oxygen atoms in total. The van der Waals surface area contributed by atoms with E-state index in [1.807, 2.05) is 0 Å². The fourth-order valence-electron chi connectivity index (χ4n) is 12.1. The van der Waals surface area contributed by atoms with E-state index in [1.165, 1.54) is 126 Å². The third kappa shape index (κ3) is 5.89. The van der Waals surface area contributed by atoms with Gasteiger partial charge in [-0.25, -0.2) is 0 Å². The van der Waals surface area contributed by atoms with Crippen LogP contribution in [0.3, 0.4) is 0 Å². The molecule has 0 atom stereocenters. The third-order valence-electron chi connectivity index (χ3n) is 15.2. The number of nitrogens with zero attached hydrogens (tertiary/aromatic N) is 1. The zero-order chi connectivity index (χ0) is 42.5. The van der Waals surface area contributed by atoms with Crippen LogP contribution in [0.5, 0.6) is 0 Å². The highest BCUT2D eigenvalue weighted by molar-refractivity contribution is 6.11. The lowest BCUT2D eigenvalue weighted by molar-refractivity contribution is 0.438. The molecule has 1 heteroatoms. The van der Waals surface area contributed by atoms with Crippen LogP contribution in [0.25, 0.3) is 66.1 Å². The summed E-state index contributed by atoms with van der Waals surface area (Å²) in [4.78, 5) is 2.53. The molecule has 0 aliphatic heterocycles. The minimum absolute atomic E-state index is 0.0144. The van der Waals surface area contributed by atoms with Crippen LogP contribution in [0.1, 0.15) is 93.5 Å². The van der Waals surface area contributed by atoms with Gasteiger partial charge in [0.1, 0.15) is 0 Å². The zero-order valence-electron chi connectivity index (χ0n) is 36.9. The highest BCUT2D eigenvalue weighted by atomic mass is 15.1. The Morgan fingerprint density at radius 3 is 1.83 bits per heavy atom. The molecule has 63 heavy (non-hydrogen) atoms. The van der Waals surface area contributed by atoms with Crippen LogP contribution in [0, 0.1) is 0 Å². The second kappa shape index (κ2) is 14.4. The van der Waals surface area contributed by atoms with Gasteiger partial charge in [0.15, 0.2) is 0 Å². The smallest absolute Gasteiger partial charge is 0.0546 e. The first-order valence-corrected chi connectivity index (χ1v) is 23.2. The molecule has 1 fully saturated rings. The Bertz CT molecular complexity index is 3260. The summed E-state index contributed by atoms with van der Waals surface area (Å²) in [5, 5.41) is 4.99. The maximum absolute atomic E-state index is 2.53. The van der Waals surface area contributed by atoms with Crippen molar-refractivity contribution in [1.29, 1.82) is 0 Å². The lowest BCUT2D eigenvalue weighted by Crippen LogP contribution is -2.19. The van der Waals surface area contributed by atoms with Gasteiger partial charge in [0.25, 0.3) is 0 Å². The summed E-state index contributed by atoms with van der Waals surface area (Å²) < 4.78 is 0. The molecule has 0 N–H and O–H groups in total. The number of rotatable bonds is 6. The fraction of sp³-hybridized carbons (Fsp3) is 0.194. The van der Waals surface area contributed by atoms with Crippen molar-refractivity contribution in [3.05, 3.63) is 210 Å². The van der Waals surface area contributed by atoms with Gasteiger partial charge >= 0.3 is 0 Å². The molecule has 0 aromatic heterocycles. The molecule has 3 aliphatic carbocycles. The van der Waals surface area contributed by atoms with Gasteiger partial charge in [-0.1, -0.05) is 193 Å². The average molecular weight is 812 g/mol. The van der Waals surface area contributed by atoms with E-state index < -0.39 is 0 Å². The molecular weight excluding hydrogens is 759 g/mol. The predicted octanol–water partition coefficient (Wildman–Crippen LogP) is 17.5. The molecule has 0 unspecified atom stereocenters. The van der Waals surface area contributed by atoms with Crippen molar-refractivity contribution < 1.29 is 0 Å². The minimum Gasteiger partial charge on any atom is -0.310 e. The first kappa shape index (κ1) is 38.0. The van der Waals surface area contributed by atoms with E-state index >= 15 is 0 Å². The van der Waals surface area contributed by atoms with E-state index in [4.69, 9.17) is 0 Å². The number of benzene rings is 9. The zero-order valence-corrected chi connectivity index (χ0v) is 36.9. The van der Waals surface area contributed by atoms with Crippen molar-refractivity contribution >= 4 is 38.6 Å². The van der Waals surface area contributed by atoms with Crippen LogP contribution >= 0.6 is 0 Å². The van der Waals surface area contributed by atoms with Crippen LogP contribution in [-0.4, -0.2) is 0 Å². The van der Waals surface area contributed by atoms with E-state index in [2.05, 4.69) is 215 Å². The van der Waals surface area contributed by atoms with E-state index in [-0.39, 0.29) is 10.8 Å². The Morgan fingerprint density at radius 2 is 1.00 bits per heavy atom. The highest BCUT2D eigenvalue weighted by Gasteiger charge is 2.40. The first-order chi connectivity index (χ1) is 30.8. The topological polar surface area (TPSA) is 3.24 Å². The quantitative estimate of drug-likeness (QED) is 0.162. The van der Waals surface area contributed by atoms with E-state index in [1.54, 1.807) is 11.1 Å². The SMILES string of the molecule is CC1(C)c2ccccc2-c2cc(-c3ccc(N(c4ccc5c(c4)-c4cccc(C6CCCCC6)c4C5(C)C)c4ccc5ccccc5c4-c4cccc5ccccc45)cc3)ccc21. The maximum Gasteiger partial charge on any atom is 0.0546 e. The minimum atomic E-state index is -0.0770. The summed E-state index contributed by atoms with van der Waals surface area (Å²) in [5.41, 5.74) is 21.2. The lowest BCUT2D eigenvalue weighted by Gasteiger charge is -2.31. The second-order valence-electron chi connectivity index (χ2n) is 19.5. The monoisotopic (exact) mass is 811 g/mol. The average Bonchev–Trinajstić information content (AvgIpc) is 3.70. The standard InChI is InChI=1S/C62H53N/c1-61(2)55-27-13-12-23-50(55)53-38-44(30-35-56(53)61)40-28-32-45(33-29-40)63(58-37-31-43-19-9-11-22-48(43)59(58)51-25-14-20-41-18-8-10-21-47(41)51)46-34-36-57-54(39-46)52-26-15-24-49(60(52)62(57,3)4)42-16-6-5-7-17-42/h8-15,18-39,42H,5-7,16-17H2,1-4H3. The van der Waals surface area contributed by atoms with E-state index in [0.717, 1.165) is 5.69 Å². The van der Waals surface area contributed by atoms with Gasteiger partial charge in [-0.3, -0.25) is 0 Å². The highest BCUT2D eigenvalue weighted by Crippen LogP contribution is 2.55. The summed E-state index contributed by atoms with van der Waals surface area (Å²) in [5.74, 6) is 0.643. The van der Waals surface area contributed by atoms with Crippen molar-refractivity contribution in [2.45, 2.75) is 76.5 Å². The fourth-order valence-corrected chi connectivity index (χ4v) is 12.1. The van der Waals surface area contributed by atoms with Gasteiger partial charge in [-0.05, 0) is 143 Å². The Hall–Kier alpha value is -6.70. The van der Waals surface area contributed by atoms with Crippen molar-refractivity contribution in [1.82, 2.24) is 0 Å². The van der Waals surface area contributed by atoms with Gasteiger partial charge in [-0.2, -0.15) is 0 Å². The van der Waals surface area contributed by atoms with Crippen molar-refractivity contribution in [2.75, 3.05) is 4.90 Å². The van der Waals surface area contributed by atoms with Crippen molar-refractivity contribution in [3.8, 4) is 44.5 Å². The Balaban J connectivity index is 1.06. The summed E-state index contributed by atoms with van der Waals surface area (Å²) in [6, 6.07) is 69.1. The molecule has 9 aromatic rings.